The van der Waals surface area contributed by atoms with Crippen LogP contribution in [-0.4, -0.2) is 50.8 Å². The highest BCUT2D eigenvalue weighted by Gasteiger charge is 2.28. The van der Waals surface area contributed by atoms with E-state index in [1.165, 1.54) is 51.6 Å². The topological polar surface area (TPSA) is 24.5 Å². The van der Waals surface area contributed by atoms with Crippen LogP contribution in [0.1, 0.15) is 52.4 Å². The van der Waals surface area contributed by atoms with Gasteiger partial charge in [0.1, 0.15) is 0 Å². The van der Waals surface area contributed by atoms with Gasteiger partial charge in [-0.1, -0.05) is 13.8 Å². The minimum atomic E-state index is 0.732. The van der Waals surface area contributed by atoms with Crippen LogP contribution in [0.15, 0.2) is 0 Å². The van der Waals surface area contributed by atoms with Gasteiger partial charge >= 0.3 is 0 Å². The van der Waals surface area contributed by atoms with Crippen molar-refractivity contribution in [3.05, 3.63) is 0 Å². The minimum Gasteiger partial charge on any atom is -0.380 e. The van der Waals surface area contributed by atoms with E-state index in [4.69, 9.17) is 4.74 Å². The van der Waals surface area contributed by atoms with Gasteiger partial charge in [-0.25, -0.2) is 0 Å². The van der Waals surface area contributed by atoms with Crippen LogP contribution in [0.4, 0.5) is 0 Å². The van der Waals surface area contributed by atoms with E-state index in [0.717, 1.165) is 43.6 Å². The van der Waals surface area contributed by atoms with Crippen molar-refractivity contribution in [2.45, 2.75) is 58.4 Å². The molecule has 1 N–H and O–H groups in total. The van der Waals surface area contributed by atoms with E-state index < -0.39 is 0 Å². The molecule has 0 aliphatic heterocycles. The first-order valence-electron chi connectivity index (χ1n) is 9.18. The van der Waals surface area contributed by atoms with Crippen LogP contribution in [0, 0.1) is 17.8 Å². The van der Waals surface area contributed by atoms with Crippen LogP contribution in [0.25, 0.3) is 0 Å². The van der Waals surface area contributed by atoms with Gasteiger partial charge < -0.3 is 15.0 Å². The molecule has 3 heteroatoms. The second-order valence-electron chi connectivity index (χ2n) is 7.52. The summed E-state index contributed by atoms with van der Waals surface area (Å²) in [4.78, 5) is 2.48. The molecule has 2 aliphatic carbocycles. The lowest BCUT2D eigenvalue weighted by Crippen LogP contribution is -2.45. The largest absolute Gasteiger partial charge is 0.380 e. The first-order valence-corrected chi connectivity index (χ1v) is 9.18. The number of hydrogen-bond acceptors (Lipinski definition) is 3. The summed E-state index contributed by atoms with van der Waals surface area (Å²) < 4.78 is 5.77. The summed E-state index contributed by atoms with van der Waals surface area (Å²) in [5.41, 5.74) is 0. The quantitative estimate of drug-likeness (QED) is 0.627. The smallest absolute Gasteiger partial charge is 0.0593 e. The normalized spacial score (nSPS) is 30.0. The van der Waals surface area contributed by atoms with Gasteiger partial charge in [-0.15, -0.1) is 0 Å². The summed E-state index contributed by atoms with van der Waals surface area (Å²) in [6.45, 7) is 10.1. The predicted octanol–water partition coefficient (Wildman–Crippen LogP) is 3.15. The summed E-state index contributed by atoms with van der Waals surface area (Å²) in [5.74, 6) is 2.60. The van der Waals surface area contributed by atoms with Gasteiger partial charge in [-0.05, 0) is 69.9 Å². The third-order valence-corrected chi connectivity index (χ3v) is 5.12. The number of likely N-dealkylation sites (N-methyl/N-ethyl adjacent to an activating group) is 1. The molecule has 2 fully saturated rings. The average Bonchev–Trinajstić information content (AvgIpc) is 3.27. The Balaban J connectivity index is 1.65. The summed E-state index contributed by atoms with van der Waals surface area (Å²) in [7, 11) is 2.26. The highest BCUT2D eigenvalue weighted by atomic mass is 16.5. The van der Waals surface area contributed by atoms with E-state index in [0.29, 0.717) is 0 Å². The van der Waals surface area contributed by atoms with Gasteiger partial charge in [0.15, 0.2) is 0 Å². The molecule has 0 bridgehead atoms. The SMILES string of the molecule is CCCNC1CCC(C)CC1CN(C)CCOCC1CC1. The van der Waals surface area contributed by atoms with Gasteiger partial charge in [-0.2, -0.15) is 0 Å². The zero-order valence-corrected chi connectivity index (χ0v) is 14.4. The Morgan fingerprint density at radius 3 is 2.71 bits per heavy atom. The fourth-order valence-electron chi connectivity index (χ4n) is 3.55. The fraction of sp³-hybridized carbons (Fsp3) is 1.00. The molecular formula is C18H36N2O. The molecule has 0 aromatic rings. The van der Waals surface area contributed by atoms with Crippen molar-refractivity contribution in [2.75, 3.05) is 39.9 Å². The van der Waals surface area contributed by atoms with E-state index in [1.54, 1.807) is 0 Å². The van der Waals surface area contributed by atoms with Crippen molar-refractivity contribution >= 4 is 0 Å². The summed E-state index contributed by atoms with van der Waals surface area (Å²) >= 11 is 0. The molecule has 3 nitrogen and oxygen atoms in total. The Kier molecular flexibility index (Phi) is 7.48. The fourth-order valence-corrected chi connectivity index (χ4v) is 3.55. The highest BCUT2D eigenvalue weighted by Crippen LogP contribution is 2.30. The van der Waals surface area contributed by atoms with Crippen LogP contribution in [0.5, 0.6) is 0 Å². The molecule has 2 rings (SSSR count). The van der Waals surface area contributed by atoms with E-state index in [2.05, 4.69) is 31.1 Å². The number of hydrogen-bond donors (Lipinski definition) is 1. The Morgan fingerprint density at radius 2 is 2.00 bits per heavy atom. The maximum Gasteiger partial charge on any atom is 0.0593 e. The van der Waals surface area contributed by atoms with Gasteiger partial charge in [0, 0.05) is 25.7 Å². The third kappa shape index (κ3) is 6.66. The Hall–Kier alpha value is -0.120. The Morgan fingerprint density at radius 1 is 1.19 bits per heavy atom. The van der Waals surface area contributed by atoms with Crippen molar-refractivity contribution in [1.29, 1.82) is 0 Å². The molecule has 0 amide bonds. The molecule has 2 saturated carbocycles. The lowest BCUT2D eigenvalue weighted by atomic mass is 9.78. The van der Waals surface area contributed by atoms with E-state index in [9.17, 15) is 0 Å². The third-order valence-electron chi connectivity index (χ3n) is 5.12. The molecule has 3 atom stereocenters. The van der Waals surface area contributed by atoms with Gasteiger partial charge in [0.25, 0.3) is 0 Å². The van der Waals surface area contributed by atoms with E-state index >= 15 is 0 Å². The van der Waals surface area contributed by atoms with Crippen LogP contribution < -0.4 is 5.32 Å². The van der Waals surface area contributed by atoms with Crippen molar-refractivity contribution in [3.63, 3.8) is 0 Å². The molecule has 0 aromatic carbocycles. The monoisotopic (exact) mass is 296 g/mol. The average molecular weight is 296 g/mol. The number of ether oxygens (including phenoxy) is 1. The second kappa shape index (κ2) is 9.12. The van der Waals surface area contributed by atoms with Crippen LogP contribution in [0.3, 0.4) is 0 Å². The molecule has 0 spiro atoms. The molecule has 0 saturated heterocycles. The van der Waals surface area contributed by atoms with Crippen molar-refractivity contribution in [1.82, 2.24) is 10.2 Å². The van der Waals surface area contributed by atoms with E-state index in [-0.39, 0.29) is 0 Å². The molecule has 2 aliphatic rings. The number of nitrogens with zero attached hydrogens (tertiary/aromatic N) is 1. The predicted molar refractivity (Wildman–Crippen MR) is 89.6 cm³/mol. The van der Waals surface area contributed by atoms with Gasteiger partial charge in [0.05, 0.1) is 6.61 Å². The lowest BCUT2D eigenvalue weighted by Gasteiger charge is -2.37. The maximum atomic E-state index is 5.77. The lowest BCUT2D eigenvalue weighted by molar-refractivity contribution is 0.0894. The maximum absolute atomic E-state index is 5.77. The molecule has 3 unspecified atom stereocenters. The number of nitrogens with one attached hydrogen (secondary N) is 1. The van der Waals surface area contributed by atoms with Crippen LogP contribution in [0.2, 0.25) is 0 Å². The molecule has 0 aromatic heterocycles. The van der Waals surface area contributed by atoms with Crippen molar-refractivity contribution in [3.8, 4) is 0 Å². The zero-order chi connectivity index (χ0) is 15.1. The van der Waals surface area contributed by atoms with Gasteiger partial charge in [0.2, 0.25) is 0 Å². The summed E-state index contributed by atoms with van der Waals surface area (Å²) in [6, 6.07) is 0.732. The Labute approximate surface area is 131 Å². The van der Waals surface area contributed by atoms with E-state index in [1.807, 2.05) is 0 Å². The first kappa shape index (κ1) is 17.2. The molecule has 0 heterocycles. The summed E-state index contributed by atoms with van der Waals surface area (Å²) in [6.07, 6.45) is 8.16. The minimum absolute atomic E-state index is 0.732. The van der Waals surface area contributed by atoms with Crippen molar-refractivity contribution in [2.24, 2.45) is 17.8 Å². The first-order chi connectivity index (χ1) is 10.2. The Bertz CT molecular complexity index is 278. The highest BCUT2D eigenvalue weighted by molar-refractivity contribution is 4.85. The molecule has 124 valence electrons. The zero-order valence-electron chi connectivity index (χ0n) is 14.4. The standard InChI is InChI=1S/C18H36N2O/c1-4-9-19-18-8-5-15(2)12-17(18)13-20(3)10-11-21-14-16-6-7-16/h15-19H,4-14H2,1-3H3. The summed E-state index contributed by atoms with van der Waals surface area (Å²) in [5, 5.41) is 3.78. The molecule has 21 heavy (non-hydrogen) atoms. The van der Waals surface area contributed by atoms with Crippen LogP contribution in [-0.2, 0) is 4.74 Å². The van der Waals surface area contributed by atoms with Crippen molar-refractivity contribution < 1.29 is 4.74 Å². The van der Waals surface area contributed by atoms with Crippen LogP contribution >= 0.6 is 0 Å². The molecule has 0 radical (unpaired) electrons. The van der Waals surface area contributed by atoms with Gasteiger partial charge in [-0.3, -0.25) is 0 Å². The second-order valence-corrected chi connectivity index (χ2v) is 7.52. The molecular weight excluding hydrogens is 260 g/mol. The number of rotatable bonds is 10.